The predicted octanol–water partition coefficient (Wildman–Crippen LogP) is 9.08. The Morgan fingerprint density at radius 3 is 1.80 bits per heavy atom. The Bertz CT molecular complexity index is 2020. The van der Waals surface area contributed by atoms with E-state index in [9.17, 15) is 0 Å². The molecule has 4 heteroatoms. The zero-order chi connectivity index (χ0) is 26.8. The fraction of sp³-hybridized carbons (Fsp3) is 0.0833. The van der Waals surface area contributed by atoms with Crippen molar-refractivity contribution in [3.8, 4) is 45.3 Å². The molecule has 7 aromatic rings. The van der Waals surface area contributed by atoms with Crippen LogP contribution in [-0.4, -0.2) is 15.0 Å². The van der Waals surface area contributed by atoms with E-state index in [0.717, 1.165) is 38.6 Å². The average Bonchev–Trinajstić information content (AvgIpc) is 3.50. The second-order valence-corrected chi connectivity index (χ2v) is 10.9. The summed E-state index contributed by atoms with van der Waals surface area (Å²) in [6.45, 7) is 4.57. The number of benzene rings is 5. The SMILES string of the molecule is CC1(C)c2ccc(-c3nc(-c4ccccc4)nc(-c4ccccc4)n3)cc2-c2ccc3c(oc4ccccc43)c21. The molecule has 0 amide bonds. The number of para-hydroxylation sites is 1. The van der Waals surface area contributed by atoms with Gasteiger partial charge in [-0.2, -0.15) is 0 Å². The van der Waals surface area contributed by atoms with Crippen molar-refractivity contribution in [3.63, 3.8) is 0 Å². The monoisotopic (exact) mass is 515 g/mol. The number of hydrogen-bond acceptors (Lipinski definition) is 4. The van der Waals surface area contributed by atoms with E-state index >= 15 is 0 Å². The number of hydrogen-bond donors (Lipinski definition) is 0. The predicted molar refractivity (Wildman–Crippen MR) is 161 cm³/mol. The summed E-state index contributed by atoms with van der Waals surface area (Å²) in [5, 5.41) is 2.31. The highest BCUT2D eigenvalue weighted by molar-refractivity contribution is 6.09. The van der Waals surface area contributed by atoms with Gasteiger partial charge in [-0.05, 0) is 34.9 Å². The summed E-state index contributed by atoms with van der Waals surface area (Å²) in [4.78, 5) is 14.8. The summed E-state index contributed by atoms with van der Waals surface area (Å²) in [6.07, 6.45) is 0. The van der Waals surface area contributed by atoms with E-state index in [1.807, 2.05) is 72.8 Å². The molecule has 0 aliphatic heterocycles. The number of fused-ring (bicyclic) bond motifs is 7. The third-order valence-corrected chi connectivity index (χ3v) is 8.11. The lowest BCUT2D eigenvalue weighted by Crippen LogP contribution is -2.15. The third-order valence-electron chi connectivity index (χ3n) is 8.11. The van der Waals surface area contributed by atoms with E-state index in [4.69, 9.17) is 19.4 Å². The van der Waals surface area contributed by atoms with E-state index < -0.39 is 0 Å². The van der Waals surface area contributed by atoms with E-state index in [1.54, 1.807) is 0 Å². The minimum Gasteiger partial charge on any atom is -0.456 e. The number of furan rings is 1. The van der Waals surface area contributed by atoms with Gasteiger partial charge in [-0.1, -0.05) is 111 Å². The van der Waals surface area contributed by atoms with Crippen molar-refractivity contribution in [2.75, 3.05) is 0 Å². The highest BCUT2D eigenvalue weighted by atomic mass is 16.3. The maximum Gasteiger partial charge on any atom is 0.164 e. The lowest BCUT2D eigenvalue weighted by Gasteiger charge is -2.21. The van der Waals surface area contributed by atoms with E-state index in [-0.39, 0.29) is 5.41 Å². The lowest BCUT2D eigenvalue weighted by atomic mass is 9.81. The summed E-state index contributed by atoms with van der Waals surface area (Å²) in [5.41, 5.74) is 9.48. The molecular weight excluding hydrogens is 490 g/mol. The normalized spacial score (nSPS) is 13.4. The second-order valence-electron chi connectivity index (χ2n) is 10.9. The van der Waals surface area contributed by atoms with Gasteiger partial charge in [0, 0.05) is 38.4 Å². The summed E-state index contributed by atoms with van der Waals surface area (Å²) in [6, 6.07) is 39.5. The van der Waals surface area contributed by atoms with Gasteiger partial charge in [0.05, 0.1) is 0 Å². The zero-order valence-corrected chi connectivity index (χ0v) is 22.2. The fourth-order valence-electron chi connectivity index (χ4n) is 6.16. The standard InChI is InChI=1S/C36H25N3O/c1-36(2)29-20-17-24(21-28(29)26-18-19-27-25-15-9-10-16-30(25)40-32(27)31(26)36)35-38-33(22-11-5-3-6-12-22)37-34(39-35)23-13-7-4-8-14-23/h3-21H,1-2H3. The average molecular weight is 516 g/mol. The van der Waals surface area contributed by atoms with E-state index in [2.05, 4.69) is 56.3 Å². The van der Waals surface area contributed by atoms with Gasteiger partial charge in [0.15, 0.2) is 17.5 Å². The Labute approximate surface area is 232 Å². The van der Waals surface area contributed by atoms with Gasteiger partial charge in [0.2, 0.25) is 0 Å². The van der Waals surface area contributed by atoms with Gasteiger partial charge >= 0.3 is 0 Å². The molecule has 0 unspecified atom stereocenters. The number of aromatic nitrogens is 3. The van der Waals surface area contributed by atoms with Gasteiger partial charge in [-0.15, -0.1) is 0 Å². The molecule has 2 heterocycles. The molecule has 0 radical (unpaired) electrons. The summed E-state index contributed by atoms with van der Waals surface area (Å²) in [7, 11) is 0. The molecule has 1 aliphatic carbocycles. The molecular formula is C36H25N3O. The van der Waals surface area contributed by atoms with Crippen LogP contribution < -0.4 is 0 Å². The maximum absolute atomic E-state index is 6.47. The Morgan fingerprint density at radius 2 is 1.12 bits per heavy atom. The van der Waals surface area contributed by atoms with Crippen LogP contribution >= 0.6 is 0 Å². The van der Waals surface area contributed by atoms with Crippen LogP contribution in [0, 0.1) is 0 Å². The molecule has 0 bridgehead atoms. The fourth-order valence-corrected chi connectivity index (χ4v) is 6.16. The maximum atomic E-state index is 6.47. The summed E-state index contributed by atoms with van der Waals surface area (Å²) >= 11 is 0. The van der Waals surface area contributed by atoms with Crippen LogP contribution in [0.5, 0.6) is 0 Å². The lowest BCUT2D eigenvalue weighted by molar-refractivity contribution is 0.620. The van der Waals surface area contributed by atoms with Crippen molar-refractivity contribution < 1.29 is 4.42 Å². The van der Waals surface area contributed by atoms with Crippen molar-refractivity contribution in [3.05, 3.63) is 126 Å². The van der Waals surface area contributed by atoms with E-state index in [1.165, 1.54) is 22.3 Å². The summed E-state index contributed by atoms with van der Waals surface area (Å²) in [5.74, 6) is 1.98. The minimum absolute atomic E-state index is 0.208. The Hall–Kier alpha value is -5.09. The zero-order valence-electron chi connectivity index (χ0n) is 22.2. The van der Waals surface area contributed by atoms with Crippen LogP contribution in [0.25, 0.3) is 67.2 Å². The first-order chi connectivity index (χ1) is 19.6. The van der Waals surface area contributed by atoms with Crippen molar-refractivity contribution in [1.29, 1.82) is 0 Å². The molecule has 8 rings (SSSR count). The Balaban J connectivity index is 1.33. The summed E-state index contributed by atoms with van der Waals surface area (Å²) < 4.78 is 6.47. The first-order valence-corrected chi connectivity index (χ1v) is 13.5. The van der Waals surface area contributed by atoms with Crippen molar-refractivity contribution in [2.24, 2.45) is 0 Å². The molecule has 0 atom stereocenters. The smallest absolute Gasteiger partial charge is 0.164 e. The highest BCUT2D eigenvalue weighted by Crippen LogP contribution is 2.53. The van der Waals surface area contributed by atoms with Crippen molar-refractivity contribution in [2.45, 2.75) is 19.3 Å². The molecule has 40 heavy (non-hydrogen) atoms. The largest absolute Gasteiger partial charge is 0.456 e. The number of nitrogens with zero attached hydrogens (tertiary/aromatic N) is 3. The molecule has 4 nitrogen and oxygen atoms in total. The third kappa shape index (κ3) is 3.36. The minimum atomic E-state index is -0.208. The first-order valence-electron chi connectivity index (χ1n) is 13.5. The van der Waals surface area contributed by atoms with Gasteiger partial charge in [0.1, 0.15) is 11.2 Å². The van der Waals surface area contributed by atoms with Crippen LogP contribution in [0.1, 0.15) is 25.0 Å². The molecule has 2 aromatic heterocycles. The molecule has 0 spiro atoms. The molecule has 0 N–H and O–H groups in total. The molecule has 0 fully saturated rings. The molecule has 190 valence electrons. The quantitative estimate of drug-likeness (QED) is 0.235. The van der Waals surface area contributed by atoms with Crippen LogP contribution in [0.3, 0.4) is 0 Å². The van der Waals surface area contributed by atoms with Crippen LogP contribution in [0.2, 0.25) is 0 Å². The first kappa shape index (κ1) is 22.9. The van der Waals surface area contributed by atoms with E-state index in [0.29, 0.717) is 17.5 Å². The molecule has 0 saturated carbocycles. The number of rotatable bonds is 3. The van der Waals surface area contributed by atoms with Gasteiger partial charge < -0.3 is 4.42 Å². The van der Waals surface area contributed by atoms with Gasteiger partial charge in [-0.3, -0.25) is 0 Å². The topological polar surface area (TPSA) is 51.8 Å². The van der Waals surface area contributed by atoms with Crippen molar-refractivity contribution in [1.82, 2.24) is 15.0 Å². The highest BCUT2D eigenvalue weighted by Gasteiger charge is 2.38. The second kappa shape index (κ2) is 8.45. The molecule has 5 aromatic carbocycles. The molecule has 0 saturated heterocycles. The van der Waals surface area contributed by atoms with Crippen LogP contribution in [0.15, 0.2) is 120 Å². The molecule has 1 aliphatic rings. The van der Waals surface area contributed by atoms with Crippen molar-refractivity contribution >= 4 is 21.9 Å². The Kier molecular flexibility index (Phi) is 4.83. The Morgan fingerprint density at radius 1 is 0.525 bits per heavy atom. The van der Waals surface area contributed by atoms with Gasteiger partial charge in [-0.25, -0.2) is 15.0 Å². The van der Waals surface area contributed by atoms with Crippen LogP contribution in [-0.2, 0) is 5.41 Å². The van der Waals surface area contributed by atoms with Crippen LogP contribution in [0.4, 0.5) is 0 Å². The van der Waals surface area contributed by atoms with Gasteiger partial charge in [0.25, 0.3) is 0 Å².